The lowest BCUT2D eigenvalue weighted by atomic mass is 9.78. The highest BCUT2D eigenvalue weighted by atomic mass is 16.2. The quantitative estimate of drug-likeness (QED) is 0.413. The van der Waals surface area contributed by atoms with Crippen LogP contribution in [-0.4, -0.2) is 5.91 Å². The van der Waals surface area contributed by atoms with E-state index in [1.54, 1.807) is 0 Å². The van der Waals surface area contributed by atoms with E-state index in [1.165, 1.54) is 19.3 Å². The minimum Gasteiger partial charge on any atom is -0.294 e. The maximum atomic E-state index is 11.3. The maximum Gasteiger partial charge on any atom is 0.236 e. The van der Waals surface area contributed by atoms with Crippen LogP contribution < -0.4 is 11.3 Å². The first-order valence-electron chi connectivity index (χ1n) is 5.64. The Morgan fingerprint density at radius 2 is 1.93 bits per heavy atom. The average Bonchev–Trinajstić information content (AvgIpc) is 2.17. The zero-order valence-corrected chi connectivity index (χ0v) is 9.25. The summed E-state index contributed by atoms with van der Waals surface area (Å²) < 4.78 is 0. The Morgan fingerprint density at radius 1 is 1.36 bits per heavy atom. The fraction of sp³-hybridized carbons (Fsp3) is 0.909. The third-order valence-electron chi connectivity index (χ3n) is 3.16. The number of nitrogens with two attached hydrogens (primary N) is 1. The van der Waals surface area contributed by atoms with Gasteiger partial charge in [0, 0.05) is 5.92 Å². The third-order valence-corrected chi connectivity index (χ3v) is 3.16. The van der Waals surface area contributed by atoms with Crippen molar-refractivity contribution in [1.29, 1.82) is 0 Å². The Morgan fingerprint density at radius 3 is 2.36 bits per heavy atom. The van der Waals surface area contributed by atoms with E-state index >= 15 is 0 Å². The van der Waals surface area contributed by atoms with Crippen molar-refractivity contribution >= 4 is 5.91 Å². The smallest absolute Gasteiger partial charge is 0.236 e. The molecule has 0 bridgehead atoms. The molecule has 0 spiro atoms. The molecule has 1 fully saturated rings. The van der Waals surface area contributed by atoms with Crippen LogP contribution in [0.25, 0.3) is 0 Å². The highest BCUT2D eigenvalue weighted by Crippen LogP contribution is 2.32. The number of amides is 1. The molecule has 3 heteroatoms. The van der Waals surface area contributed by atoms with E-state index in [-0.39, 0.29) is 11.8 Å². The Bertz CT molecular complexity index is 184. The van der Waals surface area contributed by atoms with Gasteiger partial charge in [-0.05, 0) is 43.9 Å². The molecule has 0 radical (unpaired) electrons. The molecule has 0 aromatic carbocycles. The molecule has 14 heavy (non-hydrogen) atoms. The molecule has 1 amide bonds. The molecule has 0 saturated heterocycles. The molecular weight excluding hydrogens is 176 g/mol. The molecule has 0 aliphatic heterocycles. The Balaban J connectivity index is 2.27. The van der Waals surface area contributed by atoms with Gasteiger partial charge in [-0.25, -0.2) is 5.84 Å². The van der Waals surface area contributed by atoms with Crippen molar-refractivity contribution in [3.05, 3.63) is 0 Å². The number of hydrazine groups is 1. The van der Waals surface area contributed by atoms with Gasteiger partial charge in [0.2, 0.25) is 5.91 Å². The third kappa shape index (κ3) is 3.29. The number of carbonyl (C=O) groups is 1. The van der Waals surface area contributed by atoms with E-state index in [2.05, 4.69) is 19.3 Å². The van der Waals surface area contributed by atoms with E-state index in [0.717, 1.165) is 24.7 Å². The molecule has 1 aliphatic rings. The Kier molecular flexibility index (Phi) is 4.39. The summed E-state index contributed by atoms with van der Waals surface area (Å²) in [4.78, 5) is 11.3. The molecule has 0 aromatic rings. The lowest BCUT2D eigenvalue weighted by molar-refractivity contribution is -0.126. The molecule has 3 nitrogen and oxygen atoms in total. The standard InChI is InChI=1S/C11H22N2O/c1-8(2)7-9-3-5-10(6-4-9)11(14)13-12/h8-10H,3-7,12H2,1-2H3,(H,13,14)/t9-,10-. The van der Waals surface area contributed by atoms with Crippen LogP contribution in [0.5, 0.6) is 0 Å². The number of hydrogen-bond acceptors (Lipinski definition) is 2. The van der Waals surface area contributed by atoms with E-state index < -0.39 is 0 Å². The molecule has 1 saturated carbocycles. The van der Waals surface area contributed by atoms with Gasteiger partial charge >= 0.3 is 0 Å². The summed E-state index contributed by atoms with van der Waals surface area (Å²) in [5.41, 5.74) is 2.25. The topological polar surface area (TPSA) is 55.1 Å². The first-order valence-corrected chi connectivity index (χ1v) is 5.64. The number of nitrogens with one attached hydrogen (secondary N) is 1. The van der Waals surface area contributed by atoms with Gasteiger partial charge in [-0.2, -0.15) is 0 Å². The van der Waals surface area contributed by atoms with Crippen molar-refractivity contribution in [2.24, 2.45) is 23.6 Å². The summed E-state index contributed by atoms with van der Waals surface area (Å²) in [5.74, 6) is 6.92. The van der Waals surface area contributed by atoms with Gasteiger partial charge in [0.15, 0.2) is 0 Å². The fourth-order valence-electron chi connectivity index (χ4n) is 2.44. The molecular formula is C11H22N2O. The fourth-order valence-corrected chi connectivity index (χ4v) is 2.44. The summed E-state index contributed by atoms with van der Waals surface area (Å²) in [5, 5.41) is 0. The Hall–Kier alpha value is -0.570. The second kappa shape index (κ2) is 5.35. The van der Waals surface area contributed by atoms with Crippen molar-refractivity contribution < 1.29 is 4.79 Å². The van der Waals surface area contributed by atoms with E-state index in [0.29, 0.717) is 0 Å². The van der Waals surface area contributed by atoms with Crippen LogP contribution in [0, 0.1) is 17.8 Å². The first kappa shape index (κ1) is 11.5. The minimum atomic E-state index is 0.0213. The Labute approximate surface area is 86.4 Å². The van der Waals surface area contributed by atoms with Crippen molar-refractivity contribution in [3.8, 4) is 0 Å². The second-order valence-corrected chi connectivity index (χ2v) is 4.86. The van der Waals surface area contributed by atoms with E-state index in [4.69, 9.17) is 5.84 Å². The van der Waals surface area contributed by atoms with E-state index in [1.807, 2.05) is 0 Å². The van der Waals surface area contributed by atoms with Crippen LogP contribution >= 0.6 is 0 Å². The summed E-state index contributed by atoms with van der Waals surface area (Å²) in [6.07, 6.45) is 5.71. The monoisotopic (exact) mass is 198 g/mol. The summed E-state index contributed by atoms with van der Waals surface area (Å²) in [6, 6.07) is 0. The summed E-state index contributed by atoms with van der Waals surface area (Å²) in [6.45, 7) is 4.53. The molecule has 1 rings (SSSR count). The average molecular weight is 198 g/mol. The number of rotatable bonds is 3. The molecule has 0 atom stereocenters. The molecule has 1 aliphatic carbocycles. The van der Waals surface area contributed by atoms with Crippen molar-refractivity contribution in [1.82, 2.24) is 5.43 Å². The van der Waals surface area contributed by atoms with Gasteiger partial charge in [-0.1, -0.05) is 13.8 Å². The predicted molar refractivity (Wildman–Crippen MR) is 57.2 cm³/mol. The largest absolute Gasteiger partial charge is 0.294 e. The van der Waals surface area contributed by atoms with Crippen LogP contribution in [0.1, 0.15) is 46.0 Å². The molecule has 0 heterocycles. The molecule has 0 aromatic heterocycles. The van der Waals surface area contributed by atoms with Crippen molar-refractivity contribution in [3.63, 3.8) is 0 Å². The normalized spacial score (nSPS) is 27.7. The minimum absolute atomic E-state index is 0.0213. The van der Waals surface area contributed by atoms with Gasteiger partial charge in [-0.3, -0.25) is 10.2 Å². The number of carbonyl (C=O) groups excluding carboxylic acids is 1. The zero-order chi connectivity index (χ0) is 10.6. The zero-order valence-electron chi connectivity index (χ0n) is 9.25. The second-order valence-electron chi connectivity index (χ2n) is 4.86. The van der Waals surface area contributed by atoms with Crippen molar-refractivity contribution in [2.45, 2.75) is 46.0 Å². The highest BCUT2D eigenvalue weighted by molar-refractivity contribution is 5.77. The van der Waals surface area contributed by atoms with Gasteiger partial charge in [0.25, 0.3) is 0 Å². The van der Waals surface area contributed by atoms with Crippen LogP contribution in [0.3, 0.4) is 0 Å². The summed E-state index contributed by atoms with van der Waals surface area (Å²) in [7, 11) is 0. The lowest BCUT2D eigenvalue weighted by Gasteiger charge is -2.28. The van der Waals surface area contributed by atoms with Crippen LogP contribution in [0.2, 0.25) is 0 Å². The van der Waals surface area contributed by atoms with Crippen molar-refractivity contribution in [2.75, 3.05) is 0 Å². The van der Waals surface area contributed by atoms with Crippen LogP contribution in [0.15, 0.2) is 0 Å². The maximum absolute atomic E-state index is 11.3. The summed E-state index contributed by atoms with van der Waals surface area (Å²) >= 11 is 0. The van der Waals surface area contributed by atoms with Crippen LogP contribution in [-0.2, 0) is 4.79 Å². The molecule has 0 unspecified atom stereocenters. The molecule has 82 valence electrons. The predicted octanol–water partition coefficient (Wildman–Crippen LogP) is 1.83. The highest BCUT2D eigenvalue weighted by Gasteiger charge is 2.25. The van der Waals surface area contributed by atoms with Gasteiger partial charge in [0.1, 0.15) is 0 Å². The SMILES string of the molecule is CC(C)C[C@H]1CC[C@H](C(=O)NN)CC1. The first-order chi connectivity index (χ1) is 6.63. The lowest BCUT2D eigenvalue weighted by Crippen LogP contribution is -2.37. The van der Waals surface area contributed by atoms with Gasteiger partial charge < -0.3 is 0 Å². The number of hydrogen-bond donors (Lipinski definition) is 2. The van der Waals surface area contributed by atoms with Gasteiger partial charge in [0.05, 0.1) is 0 Å². The van der Waals surface area contributed by atoms with E-state index in [9.17, 15) is 4.79 Å². The van der Waals surface area contributed by atoms with Gasteiger partial charge in [-0.15, -0.1) is 0 Å². The van der Waals surface area contributed by atoms with Crippen LogP contribution in [0.4, 0.5) is 0 Å². The molecule has 3 N–H and O–H groups in total.